The summed E-state index contributed by atoms with van der Waals surface area (Å²) in [6.07, 6.45) is -0.636. The fourth-order valence-electron chi connectivity index (χ4n) is 3.19. The SMILES string of the molecule is CN(C)c1ccc2c(c1)CN(C(=O)[C@@H]1COc3ccccc3O1)CCO2. The number of ether oxygens (including phenoxy) is 3. The average molecular weight is 354 g/mol. The van der Waals surface area contributed by atoms with Gasteiger partial charge in [0, 0.05) is 31.9 Å². The highest BCUT2D eigenvalue weighted by molar-refractivity contribution is 5.82. The van der Waals surface area contributed by atoms with Crippen LogP contribution in [0.2, 0.25) is 0 Å². The van der Waals surface area contributed by atoms with Gasteiger partial charge in [-0.2, -0.15) is 0 Å². The molecule has 0 fully saturated rings. The number of hydrogen-bond acceptors (Lipinski definition) is 5. The molecule has 1 atom stereocenters. The Hall–Kier alpha value is -2.89. The third-order valence-electron chi connectivity index (χ3n) is 4.64. The minimum absolute atomic E-state index is 0.0776. The van der Waals surface area contributed by atoms with Crippen molar-refractivity contribution in [3.05, 3.63) is 48.0 Å². The molecular weight excluding hydrogens is 332 g/mol. The van der Waals surface area contributed by atoms with Crippen LogP contribution in [0.15, 0.2) is 42.5 Å². The maximum absolute atomic E-state index is 13.0. The Labute approximate surface area is 152 Å². The van der Waals surface area contributed by atoms with Gasteiger partial charge in [0.2, 0.25) is 6.10 Å². The first-order chi connectivity index (χ1) is 12.6. The summed E-state index contributed by atoms with van der Waals surface area (Å²) in [6.45, 7) is 1.70. The second-order valence-corrected chi connectivity index (χ2v) is 6.66. The van der Waals surface area contributed by atoms with Crippen LogP contribution in [0.1, 0.15) is 5.56 Å². The van der Waals surface area contributed by atoms with Crippen LogP contribution in [0.25, 0.3) is 0 Å². The molecule has 2 aliphatic heterocycles. The summed E-state index contributed by atoms with van der Waals surface area (Å²) >= 11 is 0. The second-order valence-electron chi connectivity index (χ2n) is 6.66. The number of amides is 1. The molecule has 0 radical (unpaired) electrons. The van der Waals surface area contributed by atoms with Gasteiger partial charge in [-0.05, 0) is 30.3 Å². The minimum atomic E-state index is -0.636. The van der Waals surface area contributed by atoms with Crippen molar-refractivity contribution in [3.8, 4) is 17.2 Å². The molecule has 0 unspecified atom stereocenters. The Morgan fingerprint density at radius 1 is 1.08 bits per heavy atom. The summed E-state index contributed by atoms with van der Waals surface area (Å²) in [5.74, 6) is 2.04. The lowest BCUT2D eigenvalue weighted by Crippen LogP contribution is -2.46. The molecule has 26 heavy (non-hydrogen) atoms. The van der Waals surface area contributed by atoms with Gasteiger partial charge in [-0.1, -0.05) is 12.1 Å². The van der Waals surface area contributed by atoms with Crippen LogP contribution >= 0.6 is 0 Å². The Kier molecular flexibility index (Phi) is 4.32. The summed E-state index contributed by atoms with van der Waals surface area (Å²) in [4.78, 5) is 16.8. The highest BCUT2D eigenvalue weighted by Crippen LogP contribution is 2.32. The molecule has 2 aromatic carbocycles. The van der Waals surface area contributed by atoms with E-state index >= 15 is 0 Å². The number of fused-ring (bicyclic) bond motifs is 2. The number of rotatable bonds is 2. The summed E-state index contributed by atoms with van der Waals surface area (Å²) < 4.78 is 17.4. The van der Waals surface area contributed by atoms with Gasteiger partial charge in [0.05, 0.1) is 6.54 Å². The van der Waals surface area contributed by atoms with Crippen LogP contribution in [0, 0.1) is 0 Å². The van der Waals surface area contributed by atoms with Crippen LogP contribution in [-0.2, 0) is 11.3 Å². The molecule has 0 N–H and O–H groups in total. The van der Waals surface area contributed by atoms with Crippen LogP contribution in [0.5, 0.6) is 17.2 Å². The normalized spacial score (nSPS) is 18.4. The van der Waals surface area contributed by atoms with Crippen LogP contribution in [0.3, 0.4) is 0 Å². The zero-order chi connectivity index (χ0) is 18.1. The molecule has 4 rings (SSSR count). The molecule has 2 heterocycles. The third kappa shape index (κ3) is 3.14. The standard InChI is InChI=1S/C20H22N2O4/c1-21(2)15-7-8-16-14(11-15)12-22(9-10-24-16)20(23)19-13-25-17-5-3-4-6-18(17)26-19/h3-8,11,19H,9-10,12-13H2,1-2H3/t19-/m0/s1. The minimum Gasteiger partial charge on any atom is -0.491 e. The predicted octanol–water partition coefficient (Wildman–Crippen LogP) is 2.31. The monoisotopic (exact) mass is 354 g/mol. The lowest BCUT2D eigenvalue weighted by Gasteiger charge is -2.30. The molecule has 0 aromatic heterocycles. The Morgan fingerprint density at radius 2 is 1.88 bits per heavy atom. The maximum Gasteiger partial charge on any atom is 0.267 e. The molecule has 1 amide bonds. The largest absolute Gasteiger partial charge is 0.491 e. The number of benzene rings is 2. The molecule has 0 spiro atoms. The zero-order valence-electron chi connectivity index (χ0n) is 15.0. The van der Waals surface area contributed by atoms with Gasteiger partial charge in [0.1, 0.15) is 19.0 Å². The Balaban J connectivity index is 1.53. The average Bonchev–Trinajstić information content (AvgIpc) is 2.88. The molecule has 2 aromatic rings. The number of carbonyl (C=O) groups is 1. The van der Waals surface area contributed by atoms with Gasteiger partial charge in [-0.3, -0.25) is 4.79 Å². The highest BCUT2D eigenvalue weighted by atomic mass is 16.6. The van der Waals surface area contributed by atoms with E-state index in [2.05, 4.69) is 6.07 Å². The molecule has 2 aliphatic rings. The van der Waals surface area contributed by atoms with E-state index in [0.29, 0.717) is 31.2 Å². The lowest BCUT2D eigenvalue weighted by molar-refractivity contribution is -0.142. The van der Waals surface area contributed by atoms with Crippen molar-refractivity contribution in [2.45, 2.75) is 12.6 Å². The molecule has 6 heteroatoms. The van der Waals surface area contributed by atoms with Crippen LogP contribution in [-0.4, -0.2) is 50.8 Å². The highest BCUT2D eigenvalue weighted by Gasteiger charge is 2.32. The molecule has 6 nitrogen and oxygen atoms in total. The molecule has 0 saturated carbocycles. The second kappa shape index (κ2) is 6.78. The predicted molar refractivity (Wildman–Crippen MR) is 98.0 cm³/mol. The summed E-state index contributed by atoms with van der Waals surface area (Å²) in [7, 11) is 3.99. The van der Waals surface area contributed by atoms with E-state index in [1.165, 1.54) is 0 Å². The third-order valence-corrected chi connectivity index (χ3v) is 4.64. The first kappa shape index (κ1) is 16.6. The first-order valence-corrected chi connectivity index (χ1v) is 8.72. The van der Waals surface area contributed by atoms with Gasteiger partial charge in [-0.15, -0.1) is 0 Å². The number of nitrogens with zero attached hydrogens (tertiary/aromatic N) is 2. The van der Waals surface area contributed by atoms with Gasteiger partial charge >= 0.3 is 0 Å². The van der Waals surface area contributed by atoms with Gasteiger partial charge in [0.15, 0.2) is 11.5 Å². The molecule has 0 saturated heterocycles. The van der Waals surface area contributed by atoms with Crippen molar-refractivity contribution in [3.63, 3.8) is 0 Å². The van der Waals surface area contributed by atoms with E-state index < -0.39 is 6.10 Å². The van der Waals surface area contributed by atoms with Crippen molar-refractivity contribution in [2.24, 2.45) is 0 Å². The fourth-order valence-corrected chi connectivity index (χ4v) is 3.19. The van der Waals surface area contributed by atoms with Crippen molar-refractivity contribution in [2.75, 3.05) is 38.8 Å². The maximum atomic E-state index is 13.0. The number of hydrogen-bond donors (Lipinski definition) is 0. The van der Waals surface area contributed by atoms with Crippen LogP contribution in [0.4, 0.5) is 5.69 Å². The number of carbonyl (C=O) groups excluding carboxylic acids is 1. The summed E-state index contributed by atoms with van der Waals surface area (Å²) in [6, 6.07) is 13.5. The van der Waals surface area contributed by atoms with E-state index in [-0.39, 0.29) is 12.5 Å². The van der Waals surface area contributed by atoms with E-state index in [9.17, 15) is 4.79 Å². The van der Waals surface area contributed by atoms with Gasteiger partial charge < -0.3 is 24.0 Å². The van der Waals surface area contributed by atoms with Crippen molar-refractivity contribution >= 4 is 11.6 Å². The molecular formula is C20H22N2O4. The van der Waals surface area contributed by atoms with E-state index in [1.54, 1.807) is 4.90 Å². The van der Waals surface area contributed by atoms with E-state index in [1.807, 2.05) is 55.4 Å². The van der Waals surface area contributed by atoms with Crippen molar-refractivity contribution < 1.29 is 19.0 Å². The number of para-hydroxylation sites is 2. The van der Waals surface area contributed by atoms with Gasteiger partial charge in [-0.25, -0.2) is 0 Å². The first-order valence-electron chi connectivity index (χ1n) is 8.72. The molecule has 0 aliphatic carbocycles. The molecule has 136 valence electrons. The summed E-state index contributed by atoms with van der Waals surface area (Å²) in [5, 5.41) is 0. The van der Waals surface area contributed by atoms with Crippen LogP contribution < -0.4 is 19.1 Å². The topological polar surface area (TPSA) is 51.2 Å². The van der Waals surface area contributed by atoms with Gasteiger partial charge in [0.25, 0.3) is 5.91 Å². The quantitative estimate of drug-likeness (QED) is 0.828. The van der Waals surface area contributed by atoms with E-state index in [0.717, 1.165) is 17.0 Å². The summed E-state index contributed by atoms with van der Waals surface area (Å²) in [5.41, 5.74) is 2.08. The Bertz CT molecular complexity index is 821. The van der Waals surface area contributed by atoms with E-state index in [4.69, 9.17) is 14.2 Å². The smallest absolute Gasteiger partial charge is 0.267 e. The fraction of sp³-hybridized carbons (Fsp3) is 0.350. The molecule has 0 bridgehead atoms. The zero-order valence-corrected chi connectivity index (χ0v) is 15.0. The van der Waals surface area contributed by atoms with Crippen molar-refractivity contribution in [1.82, 2.24) is 4.90 Å². The van der Waals surface area contributed by atoms with Crippen molar-refractivity contribution in [1.29, 1.82) is 0 Å². The number of anilines is 1. The Morgan fingerprint density at radius 3 is 2.69 bits per heavy atom. The lowest BCUT2D eigenvalue weighted by atomic mass is 10.1.